The van der Waals surface area contributed by atoms with Crippen LogP contribution in [-0.2, 0) is 0 Å². The minimum atomic E-state index is -0.735. The smallest absolute Gasteiger partial charge is 0.200 e. The number of unbranched alkanes of at least 4 members (excludes halogenated alkanes) is 8. The Morgan fingerprint density at radius 3 is 1.40 bits per heavy atom. The molecule has 2 fully saturated rings. The number of hydrogen-bond donors (Lipinski definition) is 4. The van der Waals surface area contributed by atoms with Crippen molar-refractivity contribution in [3.8, 4) is 40.6 Å². The van der Waals surface area contributed by atoms with Crippen molar-refractivity contribution in [2.45, 2.75) is 161 Å². The van der Waals surface area contributed by atoms with E-state index in [1.165, 1.54) is 126 Å². The summed E-state index contributed by atoms with van der Waals surface area (Å²) < 4.78 is 12.9. The third-order valence-corrected chi connectivity index (χ3v) is 16.6. The maximum atomic E-state index is 15.3. The molecule has 3 aliphatic carbocycles. The van der Waals surface area contributed by atoms with Crippen molar-refractivity contribution in [1.82, 2.24) is 0 Å². The monoisotopic (exact) mass is 1030 g/mol. The summed E-state index contributed by atoms with van der Waals surface area (Å²) in [6.07, 6.45) is 25.3. The van der Waals surface area contributed by atoms with E-state index in [0.29, 0.717) is 51.5 Å². The first-order valence-corrected chi connectivity index (χ1v) is 28.5. The highest BCUT2D eigenvalue weighted by molar-refractivity contribution is 6.34. The van der Waals surface area contributed by atoms with Gasteiger partial charge in [-0.2, -0.15) is 5.26 Å². The normalized spacial score (nSPS) is 17.9. The van der Waals surface area contributed by atoms with Gasteiger partial charge < -0.3 is 30.3 Å². The van der Waals surface area contributed by atoms with Crippen LogP contribution in [0.1, 0.15) is 208 Å². The molecule has 10 nitrogen and oxygen atoms in total. The third kappa shape index (κ3) is 12.8. The predicted molar refractivity (Wildman–Crippen MR) is 307 cm³/mol. The number of ether oxygens (including phenoxy) is 2. The van der Waals surface area contributed by atoms with Crippen LogP contribution in [0.15, 0.2) is 103 Å². The molecule has 0 aromatic heterocycles. The summed E-state index contributed by atoms with van der Waals surface area (Å²) in [4.78, 5) is 34.2. The van der Waals surface area contributed by atoms with Gasteiger partial charge in [0.15, 0.2) is 28.7 Å². The van der Waals surface area contributed by atoms with Gasteiger partial charge in [0.2, 0.25) is 11.6 Å². The van der Waals surface area contributed by atoms with Crippen LogP contribution >= 0.6 is 0 Å². The fourth-order valence-corrected chi connectivity index (χ4v) is 12.1. The van der Waals surface area contributed by atoms with E-state index in [4.69, 9.17) is 16.0 Å². The molecule has 0 bridgehead atoms. The SMILES string of the molecule is [C-]#[N+]c1ccc(Nc2cc(Oc3ccc(C4CCC(CCCCCCC)CC4)cc3)c(O)c3c2C(=O)c2c(O)c(Oc4ccc(C5CCC(CCCCCCC)CC5)cc4)cc(Nc4ccc(C#N)c(C)c4)c2C3=O)cc1. The van der Waals surface area contributed by atoms with Crippen LogP contribution in [0.5, 0.6) is 34.5 Å². The average Bonchev–Trinajstić information content (AvgIpc) is 3.55. The van der Waals surface area contributed by atoms with Gasteiger partial charge in [-0.3, -0.25) is 9.59 Å². The van der Waals surface area contributed by atoms with Crippen molar-refractivity contribution in [2.24, 2.45) is 11.8 Å². The molecule has 77 heavy (non-hydrogen) atoms. The first-order valence-electron chi connectivity index (χ1n) is 28.5. The topological polar surface area (TPSA) is 145 Å². The quantitative estimate of drug-likeness (QED) is 0.0296. The minimum absolute atomic E-state index is 0.0588. The lowest BCUT2D eigenvalue weighted by Gasteiger charge is -2.29. The lowest BCUT2D eigenvalue weighted by atomic mass is 9.77. The van der Waals surface area contributed by atoms with Crippen molar-refractivity contribution >= 4 is 40.0 Å². The Balaban J connectivity index is 1.02. The largest absolute Gasteiger partial charge is 0.504 e. The number of phenolic OH excluding ortho intramolecular Hbond substituents is 2. The zero-order chi connectivity index (χ0) is 53.8. The molecule has 0 aliphatic heterocycles. The van der Waals surface area contributed by atoms with E-state index in [1.807, 2.05) is 24.3 Å². The summed E-state index contributed by atoms with van der Waals surface area (Å²) in [6.45, 7) is 13.8. The van der Waals surface area contributed by atoms with Gasteiger partial charge in [-0.1, -0.05) is 127 Å². The van der Waals surface area contributed by atoms with E-state index < -0.39 is 23.1 Å². The number of nitrogens with one attached hydrogen (secondary N) is 2. The number of fused-ring (bicyclic) bond motifs is 2. The lowest BCUT2D eigenvalue weighted by Crippen LogP contribution is -2.24. The molecule has 0 saturated heterocycles. The minimum Gasteiger partial charge on any atom is -0.504 e. The van der Waals surface area contributed by atoms with Crippen molar-refractivity contribution in [3.05, 3.63) is 159 Å². The fraction of sp³-hybridized carbons (Fsp3) is 0.403. The molecule has 0 spiro atoms. The van der Waals surface area contributed by atoms with Crippen molar-refractivity contribution < 1.29 is 29.3 Å². The molecule has 0 heterocycles. The summed E-state index contributed by atoms with van der Waals surface area (Å²) in [5.74, 6) is 0.716. The van der Waals surface area contributed by atoms with Crippen molar-refractivity contribution in [1.29, 1.82) is 5.26 Å². The molecular weight excluding hydrogens is 957 g/mol. The zero-order valence-corrected chi connectivity index (χ0v) is 45.2. The van der Waals surface area contributed by atoms with Crippen LogP contribution in [0.2, 0.25) is 0 Å². The summed E-state index contributed by atoms with van der Waals surface area (Å²) >= 11 is 0. The third-order valence-electron chi connectivity index (χ3n) is 16.6. The number of nitrogens with zero attached hydrogens (tertiary/aromatic N) is 2. The van der Waals surface area contributed by atoms with Crippen LogP contribution in [0.3, 0.4) is 0 Å². The highest BCUT2D eigenvalue weighted by Crippen LogP contribution is 2.51. The second kappa shape index (κ2) is 25.5. The second-order valence-corrected chi connectivity index (χ2v) is 21.9. The second-order valence-electron chi connectivity index (χ2n) is 21.9. The Morgan fingerprint density at radius 2 is 0.987 bits per heavy atom. The van der Waals surface area contributed by atoms with Crippen LogP contribution in [0.4, 0.5) is 28.4 Å². The van der Waals surface area contributed by atoms with Gasteiger partial charge in [0.05, 0.1) is 51.8 Å². The first kappa shape index (κ1) is 54.2. The number of aryl methyl sites for hydroxylation is 1. The Labute approximate surface area is 455 Å². The molecule has 6 aromatic rings. The van der Waals surface area contributed by atoms with Crippen LogP contribution in [-0.4, -0.2) is 21.8 Å². The number of benzene rings is 6. The molecule has 9 rings (SSSR count). The van der Waals surface area contributed by atoms with E-state index in [0.717, 1.165) is 37.5 Å². The number of ketones is 2. The number of rotatable bonds is 22. The summed E-state index contributed by atoms with van der Waals surface area (Å²) in [5.41, 5.74) is 4.43. The Morgan fingerprint density at radius 1 is 0.558 bits per heavy atom. The van der Waals surface area contributed by atoms with E-state index >= 15 is 9.59 Å². The van der Waals surface area contributed by atoms with Crippen molar-refractivity contribution in [2.75, 3.05) is 10.6 Å². The number of phenols is 2. The number of anilines is 4. The van der Waals surface area contributed by atoms with Crippen LogP contribution in [0.25, 0.3) is 4.85 Å². The van der Waals surface area contributed by atoms with E-state index in [2.05, 4.69) is 59.7 Å². The Hall–Kier alpha value is -7.56. The van der Waals surface area contributed by atoms with Crippen LogP contribution in [0, 0.1) is 36.7 Å². The van der Waals surface area contributed by atoms with Gasteiger partial charge in [-0.15, -0.1) is 0 Å². The molecular formula is C67H74N4O6. The maximum Gasteiger partial charge on any atom is 0.200 e. The van der Waals surface area contributed by atoms with Gasteiger partial charge >= 0.3 is 0 Å². The van der Waals surface area contributed by atoms with Gasteiger partial charge in [-0.25, -0.2) is 4.85 Å². The predicted octanol–water partition coefficient (Wildman–Crippen LogP) is 18.9. The number of carbonyl (C=O) groups is 2. The first-order chi connectivity index (χ1) is 37.5. The molecule has 0 radical (unpaired) electrons. The molecule has 0 unspecified atom stereocenters. The lowest BCUT2D eigenvalue weighted by molar-refractivity contribution is 0.0974. The summed E-state index contributed by atoms with van der Waals surface area (Å²) in [6, 6.07) is 32.8. The Bertz CT molecular complexity index is 3120. The number of hydrogen-bond acceptors (Lipinski definition) is 9. The van der Waals surface area contributed by atoms with Crippen molar-refractivity contribution in [3.63, 3.8) is 0 Å². The molecule has 4 N–H and O–H groups in total. The molecule has 3 aliphatic rings. The molecule has 398 valence electrons. The van der Waals surface area contributed by atoms with E-state index in [1.54, 1.807) is 49.4 Å². The van der Waals surface area contributed by atoms with Gasteiger partial charge in [0, 0.05) is 23.5 Å². The molecule has 0 amide bonds. The highest BCUT2D eigenvalue weighted by atomic mass is 16.5. The number of aromatic hydroxyl groups is 2. The Kier molecular flexibility index (Phi) is 18.0. The molecule has 2 saturated carbocycles. The average molecular weight is 1030 g/mol. The standard InChI is InChI=1S/C67H74N4O6/c1-5-7-9-11-13-15-44-17-21-46(22-18-44)48-26-35-54(36-27-48)76-58-40-56(70-52-33-31-51(69-4)32-34-52)60-62(64(58)72)67(75)61-57(71-53-30-25-50(42-68)43(3)39-53)41-59(65(73)63(61)66(60)74)77-55-37-28-49(29-38-55)47-23-19-45(20-24-47)16-14-12-10-8-6-2/h25-41,44-47,70-73H,5-24H2,1-3H3. The molecule has 10 heteroatoms. The van der Waals surface area contributed by atoms with Gasteiger partial charge in [0.1, 0.15) is 11.5 Å². The van der Waals surface area contributed by atoms with Gasteiger partial charge in [0.25, 0.3) is 0 Å². The van der Waals surface area contributed by atoms with Gasteiger partial charge in [-0.05, 0) is 153 Å². The van der Waals surface area contributed by atoms with E-state index in [9.17, 15) is 15.5 Å². The number of carbonyl (C=O) groups excluding carboxylic acids is 2. The van der Waals surface area contributed by atoms with Crippen LogP contribution < -0.4 is 20.1 Å². The summed E-state index contributed by atoms with van der Waals surface area (Å²) in [7, 11) is 0. The fourth-order valence-electron chi connectivity index (χ4n) is 12.1. The zero-order valence-electron chi connectivity index (χ0n) is 45.2. The summed E-state index contributed by atoms with van der Waals surface area (Å²) in [5, 5.41) is 40.8. The van der Waals surface area contributed by atoms with E-state index in [-0.39, 0.29) is 45.1 Å². The molecule has 6 aromatic carbocycles. The number of nitriles is 1. The highest BCUT2D eigenvalue weighted by Gasteiger charge is 2.41. The maximum absolute atomic E-state index is 15.3. The molecule has 0 atom stereocenters.